The van der Waals surface area contributed by atoms with Crippen LogP contribution in [-0.4, -0.2) is 21.3 Å². The molecule has 0 radical (unpaired) electrons. The van der Waals surface area contributed by atoms with Gasteiger partial charge in [0.25, 0.3) is 0 Å². The third kappa shape index (κ3) is 1.64. The first kappa shape index (κ1) is 9.85. The van der Waals surface area contributed by atoms with E-state index in [-0.39, 0.29) is 0 Å². The molecule has 17 heavy (non-hydrogen) atoms. The fraction of sp³-hybridized carbons (Fsp3) is 0.250. The first-order chi connectivity index (χ1) is 8.38. The largest absolute Gasteiger partial charge is 0.361 e. The Kier molecular flexibility index (Phi) is 2.26. The number of nitriles is 1. The fourth-order valence-electron chi connectivity index (χ4n) is 2.12. The topological polar surface area (TPSA) is 57.7 Å². The first-order valence-corrected chi connectivity index (χ1v) is 5.49. The molecule has 1 aliphatic rings. The van der Waals surface area contributed by atoms with Crippen molar-refractivity contribution in [3.63, 3.8) is 0 Å². The standard InChI is InChI=1S/C12H11N5/c13-7-10-3-1-2-4-11(10)16-5-6-17-9-14-15-12(17)8-16/h1-4,9H,5-6,8H2. The Hall–Kier alpha value is -2.35. The summed E-state index contributed by atoms with van der Waals surface area (Å²) in [5, 5.41) is 17.1. The van der Waals surface area contributed by atoms with Crippen molar-refractivity contribution >= 4 is 5.69 Å². The van der Waals surface area contributed by atoms with Crippen LogP contribution in [-0.2, 0) is 13.1 Å². The minimum absolute atomic E-state index is 0.707. The molecule has 5 nitrogen and oxygen atoms in total. The number of nitrogens with zero attached hydrogens (tertiary/aromatic N) is 5. The normalized spacial score (nSPS) is 14.2. The van der Waals surface area contributed by atoms with Gasteiger partial charge in [-0.05, 0) is 12.1 Å². The number of para-hydroxylation sites is 1. The molecule has 2 aromatic rings. The van der Waals surface area contributed by atoms with Crippen molar-refractivity contribution in [1.82, 2.24) is 14.8 Å². The number of anilines is 1. The highest BCUT2D eigenvalue weighted by molar-refractivity contribution is 5.59. The summed E-state index contributed by atoms with van der Waals surface area (Å²) in [5.41, 5.74) is 1.68. The van der Waals surface area contributed by atoms with E-state index in [2.05, 4.69) is 21.2 Å². The molecule has 0 fully saturated rings. The van der Waals surface area contributed by atoms with Crippen LogP contribution >= 0.6 is 0 Å². The summed E-state index contributed by atoms with van der Waals surface area (Å²) in [7, 11) is 0. The molecule has 0 bridgehead atoms. The van der Waals surface area contributed by atoms with E-state index in [9.17, 15) is 0 Å². The second kappa shape index (κ2) is 3.91. The molecule has 0 N–H and O–H groups in total. The lowest BCUT2D eigenvalue weighted by Crippen LogP contribution is -2.34. The second-order valence-electron chi connectivity index (χ2n) is 3.99. The number of aromatic nitrogens is 3. The zero-order valence-corrected chi connectivity index (χ0v) is 9.24. The summed E-state index contributed by atoms with van der Waals surface area (Å²) in [5.74, 6) is 0.948. The molecule has 0 spiro atoms. The number of hydrogen-bond acceptors (Lipinski definition) is 4. The van der Waals surface area contributed by atoms with Gasteiger partial charge in [0.2, 0.25) is 0 Å². The van der Waals surface area contributed by atoms with E-state index in [1.54, 1.807) is 6.33 Å². The van der Waals surface area contributed by atoms with Crippen molar-refractivity contribution in [3.8, 4) is 6.07 Å². The van der Waals surface area contributed by atoms with Crippen molar-refractivity contribution < 1.29 is 0 Å². The Morgan fingerprint density at radius 1 is 1.24 bits per heavy atom. The molecular weight excluding hydrogens is 214 g/mol. The predicted octanol–water partition coefficient (Wildman–Crippen LogP) is 1.17. The summed E-state index contributed by atoms with van der Waals surface area (Å²) in [6, 6.07) is 9.88. The Labute approximate surface area is 98.9 Å². The average molecular weight is 225 g/mol. The maximum Gasteiger partial charge on any atom is 0.152 e. The van der Waals surface area contributed by atoms with Crippen LogP contribution in [0.3, 0.4) is 0 Å². The molecule has 0 saturated carbocycles. The van der Waals surface area contributed by atoms with E-state index in [1.807, 2.05) is 28.8 Å². The van der Waals surface area contributed by atoms with Crippen LogP contribution in [0.2, 0.25) is 0 Å². The van der Waals surface area contributed by atoms with Crippen molar-refractivity contribution in [3.05, 3.63) is 42.0 Å². The van der Waals surface area contributed by atoms with Crippen LogP contribution < -0.4 is 4.90 Å². The van der Waals surface area contributed by atoms with Gasteiger partial charge in [-0.25, -0.2) is 0 Å². The second-order valence-corrected chi connectivity index (χ2v) is 3.99. The minimum Gasteiger partial charge on any atom is -0.361 e. The summed E-state index contributed by atoms with van der Waals surface area (Å²) in [4.78, 5) is 2.17. The Balaban J connectivity index is 1.95. The highest BCUT2D eigenvalue weighted by Gasteiger charge is 2.19. The van der Waals surface area contributed by atoms with Crippen LogP contribution in [0.25, 0.3) is 0 Å². The third-order valence-electron chi connectivity index (χ3n) is 3.00. The Bertz CT molecular complexity index is 581. The van der Waals surface area contributed by atoms with Crippen LogP contribution in [0, 0.1) is 11.3 Å². The summed E-state index contributed by atoms with van der Waals surface area (Å²) in [6.07, 6.45) is 1.75. The molecule has 1 aromatic carbocycles. The van der Waals surface area contributed by atoms with Crippen molar-refractivity contribution in [2.75, 3.05) is 11.4 Å². The number of rotatable bonds is 1. The predicted molar refractivity (Wildman–Crippen MR) is 62.2 cm³/mol. The van der Waals surface area contributed by atoms with E-state index in [0.29, 0.717) is 12.1 Å². The van der Waals surface area contributed by atoms with Gasteiger partial charge in [0.1, 0.15) is 12.4 Å². The zero-order valence-electron chi connectivity index (χ0n) is 9.24. The molecule has 1 aliphatic heterocycles. The van der Waals surface area contributed by atoms with Gasteiger partial charge >= 0.3 is 0 Å². The Morgan fingerprint density at radius 2 is 2.12 bits per heavy atom. The van der Waals surface area contributed by atoms with E-state index >= 15 is 0 Å². The molecule has 0 atom stereocenters. The van der Waals surface area contributed by atoms with Crippen LogP contribution in [0.5, 0.6) is 0 Å². The van der Waals surface area contributed by atoms with Crippen LogP contribution in [0.1, 0.15) is 11.4 Å². The van der Waals surface area contributed by atoms with E-state index < -0.39 is 0 Å². The lowest BCUT2D eigenvalue weighted by Gasteiger charge is -2.29. The molecule has 5 heteroatoms. The van der Waals surface area contributed by atoms with E-state index in [4.69, 9.17) is 5.26 Å². The fourth-order valence-corrected chi connectivity index (χ4v) is 2.12. The first-order valence-electron chi connectivity index (χ1n) is 5.49. The maximum atomic E-state index is 9.09. The van der Waals surface area contributed by atoms with Gasteiger partial charge in [-0.15, -0.1) is 10.2 Å². The minimum atomic E-state index is 0.707. The lowest BCUT2D eigenvalue weighted by molar-refractivity contribution is 0.560. The molecular formula is C12H11N5. The number of hydrogen-bond donors (Lipinski definition) is 0. The number of benzene rings is 1. The van der Waals surface area contributed by atoms with E-state index in [0.717, 1.165) is 24.6 Å². The molecule has 0 unspecified atom stereocenters. The summed E-state index contributed by atoms with van der Waals surface area (Å²) in [6.45, 7) is 2.45. The van der Waals surface area contributed by atoms with Gasteiger partial charge in [0.15, 0.2) is 5.82 Å². The monoisotopic (exact) mass is 225 g/mol. The van der Waals surface area contributed by atoms with Crippen LogP contribution in [0.4, 0.5) is 5.69 Å². The van der Waals surface area contributed by atoms with Gasteiger partial charge in [0.05, 0.1) is 17.8 Å². The van der Waals surface area contributed by atoms with E-state index in [1.165, 1.54) is 0 Å². The molecule has 1 aromatic heterocycles. The molecule has 0 aliphatic carbocycles. The van der Waals surface area contributed by atoms with Crippen molar-refractivity contribution in [2.24, 2.45) is 0 Å². The maximum absolute atomic E-state index is 9.09. The molecule has 2 heterocycles. The SMILES string of the molecule is N#Cc1ccccc1N1CCn2cnnc2C1. The molecule has 84 valence electrons. The lowest BCUT2D eigenvalue weighted by atomic mass is 10.1. The smallest absolute Gasteiger partial charge is 0.152 e. The summed E-state index contributed by atoms with van der Waals surface area (Å²) >= 11 is 0. The Morgan fingerprint density at radius 3 is 3.00 bits per heavy atom. The van der Waals surface area contributed by atoms with Crippen LogP contribution in [0.15, 0.2) is 30.6 Å². The zero-order chi connectivity index (χ0) is 11.7. The summed E-state index contributed by atoms with van der Waals surface area (Å²) < 4.78 is 2.05. The molecule has 3 rings (SSSR count). The van der Waals surface area contributed by atoms with Gasteiger partial charge in [-0.1, -0.05) is 12.1 Å². The average Bonchev–Trinajstić information content (AvgIpc) is 2.85. The van der Waals surface area contributed by atoms with Gasteiger partial charge in [0, 0.05) is 13.1 Å². The van der Waals surface area contributed by atoms with Gasteiger partial charge in [-0.3, -0.25) is 0 Å². The number of fused-ring (bicyclic) bond motifs is 1. The third-order valence-corrected chi connectivity index (χ3v) is 3.00. The van der Waals surface area contributed by atoms with Crippen molar-refractivity contribution in [1.29, 1.82) is 5.26 Å². The molecule has 0 saturated heterocycles. The molecule has 0 amide bonds. The highest BCUT2D eigenvalue weighted by Crippen LogP contribution is 2.23. The van der Waals surface area contributed by atoms with Gasteiger partial charge < -0.3 is 9.47 Å². The highest BCUT2D eigenvalue weighted by atomic mass is 15.3. The van der Waals surface area contributed by atoms with Crippen molar-refractivity contribution in [2.45, 2.75) is 13.1 Å². The van der Waals surface area contributed by atoms with Gasteiger partial charge in [-0.2, -0.15) is 5.26 Å². The quantitative estimate of drug-likeness (QED) is 0.731.